The molecule has 0 aliphatic heterocycles. The maximum atomic E-state index is 12.8. The number of carbonyl (C=O) groups is 1. The summed E-state index contributed by atoms with van der Waals surface area (Å²) >= 11 is 0. The quantitative estimate of drug-likeness (QED) is 0.796. The Morgan fingerprint density at radius 1 is 1.04 bits per heavy atom. The molecule has 0 radical (unpaired) electrons. The van der Waals surface area contributed by atoms with Crippen LogP contribution < -0.4 is 5.32 Å². The summed E-state index contributed by atoms with van der Waals surface area (Å²) in [6, 6.07) is 13.7. The fourth-order valence-electron chi connectivity index (χ4n) is 3.28. The molecule has 1 aliphatic rings. The molecule has 6 nitrogen and oxygen atoms in total. The van der Waals surface area contributed by atoms with E-state index in [1.165, 1.54) is 12.8 Å². The van der Waals surface area contributed by atoms with E-state index < -0.39 is 0 Å². The summed E-state index contributed by atoms with van der Waals surface area (Å²) in [6.45, 7) is 0. The van der Waals surface area contributed by atoms with Crippen molar-refractivity contribution >= 4 is 5.91 Å². The van der Waals surface area contributed by atoms with Crippen LogP contribution in [-0.2, 0) is 0 Å². The Balaban J connectivity index is 1.76. The lowest BCUT2D eigenvalue weighted by Crippen LogP contribution is -2.33. The maximum Gasteiger partial charge on any atom is 0.274 e. The number of hydrogen-bond acceptors (Lipinski definition) is 4. The van der Waals surface area contributed by atoms with Crippen molar-refractivity contribution in [3.05, 3.63) is 60.6 Å². The highest BCUT2D eigenvalue weighted by Crippen LogP contribution is 2.25. The molecule has 2 heterocycles. The van der Waals surface area contributed by atoms with Crippen LogP contribution in [0.5, 0.6) is 0 Å². The first-order valence-electron chi connectivity index (χ1n) is 8.55. The van der Waals surface area contributed by atoms with Crippen LogP contribution in [0.2, 0.25) is 0 Å². The molecule has 1 aliphatic carbocycles. The molecule has 0 bridgehead atoms. The van der Waals surface area contributed by atoms with Crippen LogP contribution >= 0.6 is 0 Å². The van der Waals surface area contributed by atoms with Crippen molar-refractivity contribution in [1.82, 2.24) is 25.3 Å². The zero-order chi connectivity index (χ0) is 17.1. The summed E-state index contributed by atoms with van der Waals surface area (Å²) in [5.74, 6) is -0.166. The Hall–Kier alpha value is -3.02. The van der Waals surface area contributed by atoms with Crippen molar-refractivity contribution in [2.45, 2.75) is 31.7 Å². The monoisotopic (exact) mass is 333 g/mol. The minimum Gasteiger partial charge on any atom is -0.348 e. The normalized spacial score (nSPS) is 14.6. The van der Waals surface area contributed by atoms with Crippen molar-refractivity contribution in [3.63, 3.8) is 0 Å². The van der Waals surface area contributed by atoms with Gasteiger partial charge in [-0.3, -0.25) is 9.78 Å². The summed E-state index contributed by atoms with van der Waals surface area (Å²) < 4.78 is 1.71. The third kappa shape index (κ3) is 3.15. The van der Waals surface area contributed by atoms with Gasteiger partial charge in [0.05, 0.1) is 5.69 Å². The number of aromatic nitrogens is 4. The number of nitrogens with zero attached hydrogens (tertiary/aromatic N) is 4. The van der Waals surface area contributed by atoms with E-state index in [0.717, 1.165) is 24.1 Å². The molecular formula is C19H19N5O. The Kier molecular flexibility index (Phi) is 4.24. The standard InChI is InChI=1S/C19H19N5O/c25-19(21-15-6-4-5-7-15)17-18(14-10-12-20-13-11-14)24(23-22-17)16-8-2-1-3-9-16/h1-3,8-13,15H,4-7H2,(H,21,25). The van der Waals surface area contributed by atoms with Gasteiger partial charge >= 0.3 is 0 Å². The van der Waals surface area contributed by atoms with E-state index >= 15 is 0 Å². The van der Waals surface area contributed by atoms with Crippen LogP contribution in [0.4, 0.5) is 0 Å². The average molecular weight is 333 g/mol. The van der Waals surface area contributed by atoms with Crippen LogP contribution in [0.15, 0.2) is 54.9 Å². The van der Waals surface area contributed by atoms with Gasteiger partial charge in [0.15, 0.2) is 5.69 Å². The third-order valence-corrected chi connectivity index (χ3v) is 4.53. The zero-order valence-corrected chi connectivity index (χ0v) is 13.8. The minimum absolute atomic E-state index is 0.166. The number of hydrogen-bond donors (Lipinski definition) is 1. The highest BCUT2D eigenvalue weighted by molar-refractivity contribution is 5.98. The zero-order valence-electron chi connectivity index (χ0n) is 13.8. The van der Waals surface area contributed by atoms with Crippen molar-refractivity contribution in [3.8, 4) is 16.9 Å². The van der Waals surface area contributed by atoms with Gasteiger partial charge < -0.3 is 5.32 Å². The molecule has 2 aromatic heterocycles. The lowest BCUT2D eigenvalue weighted by atomic mass is 10.1. The van der Waals surface area contributed by atoms with Crippen LogP contribution in [0.3, 0.4) is 0 Å². The summed E-state index contributed by atoms with van der Waals surface area (Å²) in [5.41, 5.74) is 2.76. The molecule has 0 atom stereocenters. The third-order valence-electron chi connectivity index (χ3n) is 4.53. The lowest BCUT2D eigenvalue weighted by Gasteiger charge is -2.12. The molecule has 1 fully saturated rings. The van der Waals surface area contributed by atoms with E-state index in [4.69, 9.17) is 0 Å². The number of pyridine rings is 1. The average Bonchev–Trinajstić information content (AvgIpc) is 3.32. The number of benzene rings is 1. The second-order valence-corrected chi connectivity index (χ2v) is 6.22. The van der Waals surface area contributed by atoms with E-state index in [9.17, 15) is 4.79 Å². The highest BCUT2D eigenvalue weighted by Gasteiger charge is 2.25. The molecule has 1 saturated carbocycles. The fourth-order valence-corrected chi connectivity index (χ4v) is 3.28. The largest absolute Gasteiger partial charge is 0.348 e. The van der Waals surface area contributed by atoms with Gasteiger partial charge in [-0.25, -0.2) is 4.68 Å². The number of nitrogens with one attached hydrogen (secondary N) is 1. The molecule has 1 N–H and O–H groups in total. The predicted molar refractivity (Wildman–Crippen MR) is 94.3 cm³/mol. The van der Waals surface area contributed by atoms with Gasteiger partial charge in [-0.1, -0.05) is 36.3 Å². The van der Waals surface area contributed by atoms with Gasteiger partial charge in [0.25, 0.3) is 5.91 Å². The molecule has 0 unspecified atom stereocenters. The first kappa shape index (κ1) is 15.5. The molecule has 126 valence electrons. The summed E-state index contributed by atoms with van der Waals surface area (Å²) in [5, 5.41) is 11.5. The van der Waals surface area contributed by atoms with Crippen LogP contribution in [0.1, 0.15) is 36.2 Å². The Morgan fingerprint density at radius 2 is 1.76 bits per heavy atom. The second kappa shape index (κ2) is 6.84. The number of carbonyl (C=O) groups excluding carboxylic acids is 1. The summed E-state index contributed by atoms with van der Waals surface area (Å²) in [4.78, 5) is 16.9. The van der Waals surface area contributed by atoms with Crippen LogP contribution in [0, 0.1) is 0 Å². The highest BCUT2D eigenvalue weighted by atomic mass is 16.2. The molecule has 6 heteroatoms. The lowest BCUT2D eigenvalue weighted by molar-refractivity contribution is 0.0933. The smallest absolute Gasteiger partial charge is 0.274 e. The molecule has 3 aromatic rings. The van der Waals surface area contributed by atoms with Gasteiger partial charge in [-0.05, 0) is 37.1 Å². The van der Waals surface area contributed by atoms with Gasteiger partial charge in [-0.15, -0.1) is 5.10 Å². The van der Waals surface area contributed by atoms with Gasteiger partial charge in [0, 0.05) is 24.0 Å². The fraction of sp³-hybridized carbons (Fsp3) is 0.263. The van der Waals surface area contributed by atoms with E-state index in [0.29, 0.717) is 11.4 Å². The predicted octanol–water partition coefficient (Wildman–Crippen LogP) is 3.00. The van der Waals surface area contributed by atoms with Crippen LogP contribution in [-0.4, -0.2) is 31.9 Å². The van der Waals surface area contributed by atoms with E-state index in [1.807, 2.05) is 42.5 Å². The second-order valence-electron chi connectivity index (χ2n) is 6.22. The van der Waals surface area contributed by atoms with Crippen molar-refractivity contribution in [1.29, 1.82) is 0 Å². The topological polar surface area (TPSA) is 72.7 Å². The van der Waals surface area contributed by atoms with Crippen molar-refractivity contribution in [2.75, 3.05) is 0 Å². The molecule has 4 rings (SSSR count). The van der Waals surface area contributed by atoms with Crippen molar-refractivity contribution in [2.24, 2.45) is 0 Å². The molecule has 0 saturated heterocycles. The Morgan fingerprint density at radius 3 is 2.48 bits per heavy atom. The summed E-state index contributed by atoms with van der Waals surface area (Å²) in [7, 11) is 0. The van der Waals surface area contributed by atoms with Crippen molar-refractivity contribution < 1.29 is 4.79 Å². The van der Waals surface area contributed by atoms with Gasteiger partial charge in [0.1, 0.15) is 5.69 Å². The molecular weight excluding hydrogens is 314 g/mol. The molecule has 25 heavy (non-hydrogen) atoms. The molecule has 0 spiro atoms. The number of para-hydroxylation sites is 1. The Bertz CT molecular complexity index is 854. The van der Waals surface area contributed by atoms with E-state index in [-0.39, 0.29) is 11.9 Å². The number of rotatable bonds is 4. The number of amides is 1. The molecule has 1 amide bonds. The first-order valence-corrected chi connectivity index (χ1v) is 8.55. The molecule has 1 aromatic carbocycles. The maximum absolute atomic E-state index is 12.8. The van der Waals surface area contributed by atoms with Crippen LogP contribution in [0.25, 0.3) is 16.9 Å². The Labute approximate surface area is 145 Å². The van der Waals surface area contributed by atoms with E-state index in [1.54, 1.807) is 17.1 Å². The van der Waals surface area contributed by atoms with Gasteiger partial charge in [-0.2, -0.15) is 0 Å². The minimum atomic E-state index is -0.166. The SMILES string of the molecule is O=C(NC1CCCC1)c1nnn(-c2ccccc2)c1-c1ccncc1. The van der Waals surface area contributed by atoms with E-state index in [2.05, 4.69) is 20.6 Å². The summed E-state index contributed by atoms with van der Waals surface area (Å²) in [6.07, 6.45) is 7.80. The first-order chi connectivity index (χ1) is 12.3. The van der Waals surface area contributed by atoms with Gasteiger partial charge in [0.2, 0.25) is 0 Å².